The average molecular weight is 296 g/mol. The Hall–Kier alpha value is -1.26. The van der Waals surface area contributed by atoms with Crippen molar-refractivity contribution in [3.05, 3.63) is 23.2 Å². The van der Waals surface area contributed by atoms with Crippen LogP contribution in [0.5, 0.6) is 0 Å². The summed E-state index contributed by atoms with van der Waals surface area (Å²) >= 11 is 5.84. The van der Waals surface area contributed by atoms with Gasteiger partial charge in [-0.25, -0.2) is 0 Å². The van der Waals surface area contributed by atoms with E-state index in [0.29, 0.717) is 22.8 Å². The van der Waals surface area contributed by atoms with Crippen molar-refractivity contribution in [1.29, 1.82) is 0 Å². The molecule has 1 aliphatic carbocycles. The standard InChI is InChI=1S/C15H22ClN3O/c1-10-7-11(10)9-19(2)6-5-15(20)18-12-3-4-13(16)14(17)8-12/h3-4,8,10-11H,5-7,9,17H2,1-2H3,(H,18,20). The molecular weight excluding hydrogens is 274 g/mol. The molecule has 2 rings (SSSR count). The molecule has 0 aliphatic heterocycles. The lowest BCUT2D eigenvalue weighted by molar-refractivity contribution is -0.116. The molecule has 1 amide bonds. The normalized spacial score (nSPS) is 21.0. The van der Waals surface area contributed by atoms with Crippen LogP contribution in [0.1, 0.15) is 19.8 Å². The molecule has 1 fully saturated rings. The monoisotopic (exact) mass is 295 g/mol. The van der Waals surface area contributed by atoms with Crippen LogP contribution >= 0.6 is 11.6 Å². The molecule has 3 N–H and O–H groups in total. The summed E-state index contributed by atoms with van der Waals surface area (Å²) in [5, 5.41) is 3.34. The minimum absolute atomic E-state index is 0.00224. The molecule has 1 aromatic rings. The zero-order valence-electron chi connectivity index (χ0n) is 12.0. The maximum atomic E-state index is 11.9. The number of hydrogen-bond donors (Lipinski definition) is 2. The fraction of sp³-hybridized carbons (Fsp3) is 0.533. The fourth-order valence-electron chi connectivity index (χ4n) is 2.28. The maximum Gasteiger partial charge on any atom is 0.225 e. The molecule has 0 heterocycles. The number of benzene rings is 1. The molecule has 2 unspecified atom stereocenters. The predicted molar refractivity (Wildman–Crippen MR) is 83.9 cm³/mol. The van der Waals surface area contributed by atoms with Crippen LogP contribution in [0, 0.1) is 11.8 Å². The van der Waals surface area contributed by atoms with E-state index in [1.165, 1.54) is 6.42 Å². The Bertz CT molecular complexity index is 492. The number of halogens is 1. The minimum atomic E-state index is 0.00224. The van der Waals surface area contributed by atoms with Gasteiger partial charge in [0.25, 0.3) is 0 Å². The first-order chi connectivity index (χ1) is 9.45. The summed E-state index contributed by atoms with van der Waals surface area (Å²) < 4.78 is 0. The molecule has 20 heavy (non-hydrogen) atoms. The average Bonchev–Trinajstić information content (AvgIpc) is 3.07. The van der Waals surface area contributed by atoms with E-state index in [1.807, 2.05) is 0 Å². The van der Waals surface area contributed by atoms with Crippen molar-refractivity contribution >= 4 is 28.9 Å². The van der Waals surface area contributed by atoms with E-state index in [2.05, 4.69) is 24.2 Å². The number of amides is 1. The van der Waals surface area contributed by atoms with Gasteiger partial charge in [0, 0.05) is 25.2 Å². The second-order valence-corrected chi connectivity index (χ2v) is 6.18. The van der Waals surface area contributed by atoms with Gasteiger partial charge in [-0.1, -0.05) is 18.5 Å². The summed E-state index contributed by atoms with van der Waals surface area (Å²) in [5.74, 6) is 1.67. The molecule has 0 aromatic heterocycles. The third kappa shape index (κ3) is 4.39. The van der Waals surface area contributed by atoms with Gasteiger partial charge in [-0.3, -0.25) is 4.79 Å². The largest absolute Gasteiger partial charge is 0.397 e. The van der Waals surface area contributed by atoms with Crippen LogP contribution in [-0.4, -0.2) is 30.9 Å². The Morgan fingerprint density at radius 1 is 1.55 bits per heavy atom. The smallest absolute Gasteiger partial charge is 0.225 e. The van der Waals surface area contributed by atoms with Gasteiger partial charge in [0.05, 0.1) is 10.7 Å². The van der Waals surface area contributed by atoms with E-state index in [4.69, 9.17) is 17.3 Å². The first-order valence-corrected chi connectivity index (χ1v) is 7.37. The highest BCUT2D eigenvalue weighted by molar-refractivity contribution is 6.33. The zero-order valence-corrected chi connectivity index (χ0v) is 12.8. The lowest BCUT2D eigenvalue weighted by Crippen LogP contribution is -2.26. The maximum absolute atomic E-state index is 11.9. The summed E-state index contributed by atoms with van der Waals surface area (Å²) in [7, 11) is 2.07. The molecule has 0 spiro atoms. The van der Waals surface area contributed by atoms with Gasteiger partial charge >= 0.3 is 0 Å². The van der Waals surface area contributed by atoms with Crippen LogP contribution in [0.2, 0.25) is 5.02 Å². The van der Waals surface area contributed by atoms with Crippen molar-refractivity contribution in [1.82, 2.24) is 4.90 Å². The number of rotatable bonds is 6. The van der Waals surface area contributed by atoms with Crippen molar-refractivity contribution in [3.63, 3.8) is 0 Å². The van der Waals surface area contributed by atoms with Gasteiger partial charge in [-0.15, -0.1) is 0 Å². The van der Waals surface area contributed by atoms with Crippen LogP contribution in [0.25, 0.3) is 0 Å². The van der Waals surface area contributed by atoms with E-state index in [1.54, 1.807) is 18.2 Å². The summed E-state index contributed by atoms with van der Waals surface area (Å²) in [6.45, 7) is 4.14. The Morgan fingerprint density at radius 3 is 2.85 bits per heavy atom. The van der Waals surface area contributed by atoms with Gasteiger partial charge in [0.2, 0.25) is 5.91 Å². The van der Waals surface area contributed by atoms with E-state index >= 15 is 0 Å². The number of nitrogens with zero attached hydrogens (tertiary/aromatic N) is 1. The summed E-state index contributed by atoms with van der Waals surface area (Å²) in [5.41, 5.74) is 6.87. The van der Waals surface area contributed by atoms with Crippen LogP contribution in [-0.2, 0) is 4.79 Å². The Labute approximate surface area is 125 Å². The molecule has 5 heteroatoms. The number of nitrogen functional groups attached to an aromatic ring is 1. The fourth-order valence-corrected chi connectivity index (χ4v) is 2.40. The Balaban J connectivity index is 1.73. The van der Waals surface area contributed by atoms with Gasteiger partial charge in [-0.05, 0) is 43.5 Å². The molecule has 1 aliphatic rings. The van der Waals surface area contributed by atoms with Crippen molar-refractivity contribution in [2.75, 3.05) is 31.2 Å². The molecular formula is C15H22ClN3O. The molecule has 0 saturated heterocycles. The highest BCUT2D eigenvalue weighted by atomic mass is 35.5. The number of carbonyl (C=O) groups excluding carboxylic acids is 1. The van der Waals surface area contributed by atoms with Crippen LogP contribution in [0.4, 0.5) is 11.4 Å². The van der Waals surface area contributed by atoms with Crippen molar-refractivity contribution in [3.8, 4) is 0 Å². The van der Waals surface area contributed by atoms with Crippen molar-refractivity contribution in [2.24, 2.45) is 11.8 Å². The summed E-state index contributed by atoms with van der Waals surface area (Å²) in [4.78, 5) is 14.1. The molecule has 2 atom stereocenters. The highest BCUT2D eigenvalue weighted by Crippen LogP contribution is 2.37. The molecule has 0 bridgehead atoms. The zero-order chi connectivity index (χ0) is 14.7. The van der Waals surface area contributed by atoms with Gasteiger partial charge < -0.3 is 16.0 Å². The third-order valence-corrected chi connectivity index (χ3v) is 4.17. The summed E-state index contributed by atoms with van der Waals surface area (Å²) in [6.07, 6.45) is 1.81. The van der Waals surface area contributed by atoms with E-state index in [-0.39, 0.29) is 5.91 Å². The van der Waals surface area contributed by atoms with Crippen LogP contribution < -0.4 is 11.1 Å². The molecule has 1 aromatic carbocycles. The quantitative estimate of drug-likeness (QED) is 0.794. The molecule has 0 radical (unpaired) electrons. The highest BCUT2D eigenvalue weighted by Gasteiger charge is 2.32. The second-order valence-electron chi connectivity index (χ2n) is 5.77. The molecule has 1 saturated carbocycles. The van der Waals surface area contributed by atoms with Crippen molar-refractivity contribution < 1.29 is 4.79 Å². The minimum Gasteiger partial charge on any atom is -0.397 e. The Kier molecular flexibility index (Phi) is 4.89. The van der Waals surface area contributed by atoms with E-state index in [9.17, 15) is 4.79 Å². The third-order valence-electron chi connectivity index (χ3n) is 3.82. The number of anilines is 2. The summed E-state index contributed by atoms with van der Waals surface area (Å²) in [6, 6.07) is 5.12. The van der Waals surface area contributed by atoms with E-state index in [0.717, 1.165) is 24.9 Å². The van der Waals surface area contributed by atoms with Crippen LogP contribution in [0.15, 0.2) is 18.2 Å². The van der Waals surface area contributed by atoms with Crippen LogP contribution in [0.3, 0.4) is 0 Å². The van der Waals surface area contributed by atoms with Crippen molar-refractivity contribution in [2.45, 2.75) is 19.8 Å². The second kappa shape index (κ2) is 6.46. The van der Waals surface area contributed by atoms with Gasteiger partial charge in [0.15, 0.2) is 0 Å². The van der Waals surface area contributed by atoms with Gasteiger partial charge in [-0.2, -0.15) is 0 Å². The Morgan fingerprint density at radius 2 is 2.25 bits per heavy atom. The lowest BCUT2D eigenvalue weighted by atomic mass is 10.2. The SMILES string of the molecule is CC1CC1CN(C)CCC(=O)Nc1ccc(Cl)c(N)c1. The predicted octanol–water partition coefficient (Wildman–Crippen LogP) is 2.84. The number of nitrogens with one attached hydrogen (secondary N) is 1. The number of carbonyl (C=O) groups is 1. The van der Waals surface area contributed by atoms with Gasteiger partial charge in [0.1, 0.15) is 0 Å². The number of nitrogens with two attached hydrogens (primary N) is 1. The first-order valence-electron chi connectivity index (χ1n) is 6.99. The molecule has 110 valence electrons. The first kappa shape index (κ1) is 15.1. The number of hydrogen-bond acceptors (Lipinski definition) is 3. The molecule has 4 nitrogen and oxygen atoms in total. The van der Waals surface area contributed by atoms with E-state index < -0.39 is 0 Å². The lowest BCUT2D eigenvalue weighted by Gasteiger charge is -2.16. The topological polar surface area (TPSA) is 58.4 Å².